The van der Waals surface area contributed by atoms with Crippen LogP contribution in [0.15, 0.2) is 0 Å². The summed E-state index contributed by atoms with van der Waals surface area (Å²) >= 11 is 0. The first kappa shape index (κ1) is 9.41. The van der Waals surface area contributed by atoms with Gasteiger partial charge in [0, 0.05) is 6.92 Å². The lowest BCUT2D eigenvalue weighted by molar-refractivity contribution is -0.152. The van der Waals surface area contributed by atoms with Gasteiger partial charge in [-0.3, -0.25) is 4.79 Å². The van der Waals surface area contributed by atoms with Crippen molar-refractivity contribution in [1.29, 1.82) is 0 Å². The Hall–Kier alpha value is -0.680. The third-order valence-corrected chi connectivity index (χ3v) is 1.67. The number of halogens is 1. The van der Waals surface area contributed by atoms with Gasteiger partial charge in [0.25, 0.3) is 0 Å². The van der Waals surface area contributed by atoms with Crippen LogP contribution in [0.5, 0.6) is 0 Å². The topological polar surface area (TPSA) is 55.8 Å². The maximum Gasteiger partial charge on any atom is 0.303 e. The molecule has 1 heterocycles. The van der Waals surface area contributed by atoms with E-state index in [2.05, 4.69) is 4.74 Å². The monoisotopic (exact) mass is 178 g/mol. The standard InChI is InChI=1S/C7H11FO4/c1-4(10)12-7-5(8)3-11-6(7)2-9/h5-7,9H,2-3H2,1H3/t5-,6+,7-/m0/s1. The third-order valence-electron chi connectivity index (χ3n) is 1.67. The van der Waals surface area contributed by atoms with E-state index in [1.54, 1.807) is 0 Å². The van der Waals surface area contributed by atoms with E-state index in [1.807, 2.05) is 0 Å². The zero-order valence-corrected chi connectivity index (χ0v) is 6.70. The van der Waals surface area contributed by atoms with E-state index in [4.69, 9.17) is 9.84 Å². The minimum absolute atomic E-state index is 0.122. The molecule has 5 heteroatoms. The van der Waals surface area contributed by atoms with E-state index in [0.717, 1.165) is 0 Å². The second-order valence-electron chi connectivity index (χ2n) is 2.64. The minimum atomic E-state index is -1.33. The Labute approximate surface area is 69.3 Å². The van der Waals surface area contributed by atoms with Crippen LogP contribution in [0.2, 0.25) is 0 Å². The van der Waals surface area contributed by atoms with Gasteiger partial charge in [0.2, 0.25) is 0 Å². The van der Waals surface area contributed by atoms with Gasteiger partial charge in [-0.1, -0.05) is 0 Å². The summed E-state index contributed by atoms with van der Waals surface area (Å²) in [6.07, 6.45) is -3.00. The molecule has 12 heavy (non-hydrogen) atoms. The average molecular weight is 178 g/mol. The molecule has 1 saturated heterocycles. The summed E-state index contributed by atoms with van der Waals surface area (Å²) in [7, 11) is 0. The first-order valence-corrected chi connectivity index (χ1v) is 3.69. The number of rotatable bonds is 2. The zero-order valence-electron chi connectivity index (χ0n) is 6.70. The van der Waals surface area contributed by atoms with E-state index in [-0.39, 0.29) is 13.2 Å². The quantitative estimate of drug-likeness (QED) is 0.587. The fraction of sp³-hybridized carbons (Fsp3) is 0.857. The van der Waals surface area contributed by atoms with Crippen molar-refractivity contribution < 1.29 is 23.8 Å². The molecule has 1 fully saturated rings. The minimum Gasteiger partial charge on any atom is -0.456 e. The summed E-state index contributed by atoms with van der Waals surface area (Å²) in [5.41, 5.74) is 0. The largest absolute Gasteiger partial charge is 0.456 e. The summed E-state index contributed by atoms with van der Waals surface area (Å²) in [6, 6.07) is 0. The van der Waals surface area contributed by atoms with Crippen LogP contribution in [-0.2, 0) is 14.3 Å². The Morgan fingerprint density at radius 3 is 3.00 bits per heavy atom. The van der Waals surface area contributed by atoms with Crippen molar-refractivity contribution in [2.75, 3.05) is 13.2 Å². The van der Waals surface area contributed by atoms with Crippen molar-refractivity contribution in [3.05, 3.63) is 0 Å². The summed E-state index contributed by atoms with van der Waals surface area (Å²) in [5.74, 6) is -0.563. The molecule has 4 nitrogen and oxygen atoms in total. The summed E-state index contributed by atoms with van der Waals surface area (Å²) in [4.78, 5) is 10.5. The maximum atomic E-state index is 12.9. The van der Waals surface area contributed by atoms with Crippen molar-refractivity contribution in [2.45, 2.75) is 25.3 Å². The average Bonchev–Trinajstić information content (AvgIpc) is 2.32. The van der Waals surface area contributed by atoms with Gasteiger partial charge in [0.1, 0.15) is 6.10 Å². The van der Waals surface area contributed by atoms with E-state index in [1.165, 1.54) is 6.92 Å². The molecule has 0 aromatic rings. The van der Waals surface area contributed by atoms with Crippen LogP contribution < -0.4 is 0 Å². The van der Waals surface area contributed by atoms with Gasteiger partial charge in [0.05, 0.1) is 13.2 Å². The van der Waals surface area contributed by atoms with Crippen molar-refractivity contribution in [1.82, 2.24) is 0 Å². The molecule has 0 aromatic heterocycles. The first-order valence-electron chi connectivity index (χ1n) is 3.69. The van der Waals surface area contributed by atoms with Crippen molar-refractivity contribution >= 4 is 5.97 Å². The van der Waals surface area contributed by atoms with Gasteiger partial charge in [-0.05, 0) is 0 Å². The highest BCUT2D eigenvalue weighted by molar-refractivity contribution is 5.66. The van der Waals surface area contributed by atoms with Crippen molar-refractivity contribution in [3.63, 3.8) is 0 Å². The van der Waals surface area contributed by atoms with E-state index < -0.39 is 24.3 Å². The number of esters is 1. The molecular formula is C7H11FO4. The smallest absolute Gasteiger partial charge is 0.303 e. The predicted molar refractivity (Wildman–Crippen MR) is 37.3 cm³/mol. The molecule has 0 aliphatic carbocycles. The van der Waals surface area contributed by atoms with E-state index in [0.29, 0.717) is 0 Å². The Morgan fingerprint density at radius 2 is 2.50 bits per heavy atom. The normalized spacial score (nSPS) is 35.1. The molecule has 0 aromatic carbocycles. The number of carbonyl (C=O) groups excluding carboxylic acids is 1. The summed E-state index contributed by atoms with van der Waals surface area (Å²) in [6.45, 7) is 0.737. The Balaban J connectivity index is 2.51. The molecule has 1 rings (SSSR count). The van der Waals surface area contributed by atoms with Crippen LogP contribution in [-0.4, -0.2) is 42.7 Å². The number of carbonyl (C=O) groups is 1. The van der Waals surface area contributed by atoms with Gasteiger partial charge in [-0.25, -0.2) is 4.39 Å². The number of ether oxygens (including phenoxy) is 2. The zero-order chi connectivity index (χ0) is 9.14. The van der Waals surface area contributed by atoms with Crippen LogP contribution in [0.3, 0.4) is 0 Å². The summed E-state index contributed by atoms with van der Waals surface area (Å²) < 4.78 is 22.3. The molecule has 0 bridgehead atoms. The van der Waals surface area contributed by atoms with Crippen molar-refractivity contribution in [2.24, 2.45) is 0 Å². The van der Waals surface area contributed by atoms with Gasteiger partial charge in [-0.15, -0.1) is 0 Å². The van der Waals surface area contributed by atoms with Gasteiger partial charge in [0.15, 0.2) is 12.3 Å². The lowest BCUT2D eigenvalue weighted by Crippen LogP contribution is -2.34. The Kier molecular flexibility index (Phi) is 2.99. The molecular weight excluding hydrogens is 167 g/mol. The van der Waals surface area contributed by atoms with Crippen molar-refractivity contribution in [3.8, 4) is 0 Å². The molecule has 0 unspecified atom stereocenters. The van der Waals surface area contributed by atoms with Gasteiger partial charge in [-0.2, -0.15) is 0 Å². The maximum absolute atomic E-state index is 12.9. The molecule has 70 valence electrons. The van der Waals surface area contributed by atoms with Crippen LogP contribution in [0, 0.1) is 0 Å². The second kappa shape index (κ2) is 3.82. The second-order valence-corrected chi connectivity index (χ2v) is 2.64. The summed E-state index contributed by atoms with van der Waals surface area (Å²) in [5, 5.41) is 8.68. The molecule has 0 radical (unpaired) electrons. The number of aliphatic hydroxyl groups is 1. The number of alkyl halides is 1. The Morgan fingerprint density at radius 1 is 1.83 bits per heavy atom. The fourth-order valence-electron chi connectivity index (χ4n) is 1.14. The van der Waals surface area contributed by atoms with Crippen LogP contribution >= 0.6 is 0 Å². The van der Waals surface area contributed by atoms with Crippen LogP contribution in [0.1, 0.15) is 6.92 Å². The predicted octanol–water partition coefficient (Wildman–Crippen LogP) is -0.353. The lowest BCUT2D eigenvalue weighted by Gasteiger charge is -2.16. The lowest BCUT2D eigenvalue weighted by atomic mass is 10.2. The molecule has 0 saturated carbocycles. The first-order chi connectivity index (χ1) is 5.65. The highest BCUT2D eigenvalue weighted by Gasteiger charge is 2.39. The molecule has 1 N–H and O–H groups in total. The number of aliphatic hydroxyl groups excluding tert-OH is 1. The SMILES string of the molecule is CC(=O)O[C@H]1[C@@H](F)CO[C@@H]1CO. The number of hydrogen-bond acceptors (Lipinski definition) is 4. The van der Waals surface area contributed by atoms with E-state index in [9.17, 15) is 9.18 Å². The molecule has 1 aliphatic rings. The molecule has 1 aliphatic heterocycles. The van der Waals surface area contributed by atoms with E-state index >= 15 is 0 Å². The van der Waals surface area contributed by atoms with Crippen LogP contribution in [0.25, 0.3) is 0 Å². The highest BCUT2D eigenvalue weighted by atomic mass is 19.1. The number of hydrogen-bond donors (Lipinski definition) is 1. The van der Waals surface area contributed by atoms with Gasteiger partial charge < -0.3 is 14.6 Å². The van der Waals surface area contributed by atoms with Crippen LogP contribution in [0.4, 0.5) is 4.39 Å². The molecule has 0 amide bonds. The van der Waals surface area contributed by atoms with Gasteiger partial charge >= 0.3 is 5.97 Å². The molecule has 3 atom stereocenters. The molecule has 0 spiro atoms. The highest BCUT2D eigenvalue weighted by Crippen LogP contribution is 2.20. The fourth-order valence-corrected chi connectivity index (χ4v) is 1.14. The third kappa shape index (κ3) is 1.92. The Bertz CT molecular complexity index is 173.